The highest BCUT2D eigenvalue weighted by Crippen LogP contribution is 2.32. The van der Waals surface area contributed by atoms with Gasteiger partial charge in [0.25, 0.3) is 0 Å². The number of sulfone groups is 1. The van der Waals surface area contributed by atoms with Crippen molar-refractivity contribution in [2.24, 2.45) is 0 Å². The molecule has 4 N–H and O–H groups in total. The van der Waals surface area contributed by atoms with Gasteiger partial charge >= 0.3 is 0 Å². The van der Waals surface area contributed by atoms with Crippen LogP contribution in [0.25, 0.3) is 11.1 Å². The van der Waals surface area contributed by atoms with E-state index in [1.165, 1.54) is 0 Å². The quantitative estimate of drug-likeness (QED) is 0.880. The van der Waals surface area contributed by atoms with Gasteiger partial charge in [-0.2, -0.15) is 4.98 Å². The zero-order valence-corrected chi connectivity index (χ0v) is 14.5. The predicted molar refractivity (Wildman–Crippen MR) is 95.1 cm³/mol. The number of nitrogens with two attached hydrogens (primary N) is 2. The van der Waals surface area contributed by atoms with Crippen LogP contribution in [0, 0.1) is 0 Å². The minimum absolute atomic E-state index is 0.147. The van der Waals surface area contributed by atoms with Crippen LogP contribution in [0.4, 0.5) is 11.8 Å². The molecule has 2 aromatic rings. The SMILES string of the molecule is CCc1nc(N)nc(N)c1-c1ccc(S(=O)(=O)C2CCCC2)cc1. The van der Waals surface area contributed by atoms with Gasteiger partial charge in [-0.25, -0.2) is 13.4 Å². The van der Waals surface area contributed by atoms with Crippen molar-refractivity contribution in [3.05, 3.63) is 30.0 Å². The third kappa shape index (κ3) is 2.96. The van der Waals surface area contributed by atoms with E-state index < -0.39 is 9.84 Å². The first-order chi connectivity index (χ1) is 11.4. The van der Waals surface area contributed by atoms with Crippen molar-refractivity contribution >= 4 is 21.6 Å². The standard InChI is InChI=1S/C17H22N4O2S/c1-2-14-15(16(18)21-17(19)20-14)11-7-9-13(10-8-11)24(22,23)12-5-3-4-6-12/h7-10,12H,2-6H2,1H3,(H4,18,19,20,21). The summed E-state index contributed by atoms with van der Waals surface area (Å²) >= 11 is 0. The van der Waals surface area contributed by atoms with Crippen molar-refractivity contribution in [1.82, 2.24) is 9.97 Å². The minimum atomic E-state index is -3.25. The van der Waals surface area contributed by atoms with E-state index in [0.717, 1.165) is 42.5 Å². The van der Waals surface area contributed by atoms with Crippen LogP contribution in [0.2, 0.25) is 0 Å². The second-order valence-corrected chi connectivity index (χ2v) is 8.35. The summed E-state index contributed by atoms with van der Waals surface area (Å²) in [4.78, 5) is 8.62. The number of nitrogens with zero attached hydrogens (tertiary/aromatic N) is 2. The van der Waals surface area contributed by atoms with Crippen molar-refractivity contribution < 1.29 is 8.42 Å². The fourth-order valence-electron chi connectivity index (χ4n) is 3.32. The van der Waals surface area contributed by atoms with Crippen LogP contribution < -0.4 is 11.5 Å². The molecule has 0 bridgehead atoms. The first-order valence-electron chi connectivity index (χ1n) is 8.19. The van der Waals surface area contributed by atoms with Gasteiger partial charge in [-0.3, -0.25) is 0 Å². The molecule has 1 aromatic carbocycles. The highest BCUT2D eigenvalue weighted by Gasteiger charge is 2.30. The van der Waals surface area contributed by atoms with E-state index in [9.17, 15) is 8.42 Å². The van der Waals surface area contributed by atoms with Gasteiger partial charge in [-0.1, -0.05) is 31.9 Å². The van der Waals surface area contributed by atoms with Crippen LogP contribution in [-0.2, 0) is 16.3 Å². The third-order valence-electron chi connectivity index (χ3n) is 4.58. The van der Waals surface area contributed by atoms with Crippen LogP contribution in [0.3, 0.4) is 0 Å². The summed E-state index contributed by atoms with van der Waals surface area (Å²) in [6, 6.07) is 6.84. The summed E-state index contributed by atoms with van der Waals surface area (Å²) in [5.74, 6) is 0.458. The fourth-order valence-corrected chi connectivity index (χ4v) is 5.17. The Morgan fingerprint density at radius 1 is 1.08 bits per heavy atom. The molecule has 1 aromatic heterocycles. The van der Waals surface area contributed by atoms with E-state index in [1.54, 1.807) is 24.3 Å². The normalized spacial score (nSPS) is 15.7. The Bertz CT molecular complexity index is 842. The molecule has 1 heterocycles. The molecule has 1 saturated carbocycles. The van der Waals surface area contributed by atoms with Crippen LogP contribution in [0.5, 0.6) is 0 Å². The molecule has 0 aliphatic heterocycles. The topological polar surface area (TPSA) is 112 Å². The van der Waals surface area contributed by atoms with E-state index in [4.69, 9.17) is 11.5 Å². The maximum Gasteiger partial charge on any atom is 0.222 e. The monoisotopic (exact) mass is 346 g/mol. The molecule has 1 fully saturated rings. The summed E-state index contributed by atoms with van der Waals surface area (Å²) in [5, 5.41) is -0.250. The highest BCUT2D eigenvalue weighted by molar-refractivity contribution is 7.92. The van der Waals surface area contributed by atoms with Gasteiger partial charge in [0.2, 0.25) is 5.95 Å². The first-order valence-corrected chi connectivity index (χ1v) is 9.74. The van der Waals surface area contributed by atoms with Gasteiger partial charge < -0.3 is 11.5 Å². The van der Waals surface area contributed by atoms with Crippen LogP contribution >= 0.6 is 0 Å². The Balaban J connectivity index is 1.99. The lowest BCUT2D eigenvalue weighted by Crippen LogP contribution is -2.17. The van der Waals surface area contributed by atoms with Crippen LogP contribution in [0.1, 0.15) is 38.3 Å². The van der Waals surface area contributed by atoms with Crippen molar-refractivity contribution in [3.63, 3.8) is 0 Å². The van der Waals surface area contributed by atoms with E-state index >= 15 is 0 Å². The number of hydrogen-bond acceptors (Lipinski definition) is 6. The summed E-state index contributed by atoms with van der Waals surface area (Å²) in [6.07, 6.45) is 4.14. The number of aromatic nitrogens is 2. The van der Waals surface area contributed by atoms with E-state index in [0.29, 0.717) is 17.1 Å². The lowest BCUT2D eigenvalue weighted by Gasteiger charge is -2.13. The smallest absolute Gasteiger partial charge is 0.222 e. The summed E-state index contributed by atoms with van der Waals surface area (Å²) in [6.45, 7) is 1.96. The Morgan fingerprint density at radius 3 is 2.29 bits per heavy atom. The Morgan fingerprint density at radius 2 is 1.71 bits per heavy atom. The molecule has 24 heavy (non-hydrogen) atoms. The second-order valence-electron chi connectivity index (χ2n) is 6.12. The molecular weight excluding hydrogens is 324 g/mol. The highest BCUT2D eigenvalue weighted by atomic mass is 32.2. The van der Waals surface area contributed by atoms with E-state index in [2.05, 4.69) is 9.97 Å². The third-order valence-corrected chi connectivity index (χ3v) is 6.85. The minimum Gasteiger partial charge on any atom is -0.383 e. The van der Waals surface area contributed by atoms with Crippen molar-refractivity contribution in [2.45, 2.75) is 49.2 Å². The zero-order valence-electron chi connectivity index (χ0n) is 13.7. The van der Waals surface area contributed by atoms with Crippen molar-refractivity contribution in [2.75, 3.05) is 11.5 Å². The maximum absolute atomic E-state index is 12.7. The Hall–Kier alpha value is -2.15. The predicted octanol–water partition coefficient (Wildman–Crippen LogP) is 2.59. The van der Waals surface area contributed by atoms with E-state index in [1.807, 2.05) is 6.92 Å². The lowest BCUT2D eigenvalue weighted by atomic mass is 10.0. The molecule has 0 unspecified atom stereocenters. The molecule has 0 spiro atoms. The molecule has 0 radical (unpaired) electrons. The summed E-state index contributed by atoms with van der Waals surface area (Å²) in [5.41, 5.74) is 13.9. The Kier molecular flexibility index (Phi) is 4.45. The second kappa shape index (κ2) is 6.39. The number of benzene rings is 1. The molecule has 6 nitrogen and oxygen atoms in total. The van der Waals surface area contributed by atoms with E-state index in [-0.39, 0.29) is 11.2 Å². The molecule has 3 rings (SSSR count). The van der Waals surface area contributed by atoms with Gasteiger partial charge in [0.15, 0.2) is 9.84 Å². The lowest BCUT2D eigenvalue weighted by molar-refractivity contribution is 0.579. The van der Waals surface area contributed by atoms with Gasteiger partial charge in [-0.05, 0) is 37.0 Å². The maximum atomic E-state index is 12.7. The van der Waals surface area contributed by atoms with Crippen LogP contribution in [0.15, 0.2) is 29.2 Å². The Labute approximate surface area is 142 Å². The first kappa shape index (κ1) is 16.7. The number of nitrogen functional groups attached to an aromatic ring is 2. The average molecular weight is 346 g/mol. The molecule has 0 saturated heterocycles. The summed E-state index contributed by atoms with van der Waals surface area (Å²) < 4.78 is 25.3. The van der Waals surface area contributed by atoms with Crippen LogP contribution in [-0.4, -0.2) is 23.6 Å². The number of aryl methyl sites for hydroxylation is 1. The molecular formula is C17H22N4O2S. The molecule has 7 heteroatoms. The summed E-state index contributed by atoms with van der Waals surface area (Å²) in [7, 11) is -3.25. The molecule has 0 amide bonds. The molecule has 1 aliphatic carbocycles. The largest absolute Gasteiger partial charge is 0.383 e. The van der Waals surface area contributed by atoms with Crippen molar-refractivity contribution in [1.29, 1.82) is 0 Å². The van der Waals surface area contributed by atoms with Gasteiger partial charge in [0.05, 0.1) is 15.8 Å². The number of anilines is 2. The molecule has 1 aliphatic rings. The van der Waals surface area contributed by atoms with Gasteiger partial charge in [0.1, 0.15) is 5.82 Å². The number of hydrogen-bond donors (Lipinski definition) is 2. The zero-order chi connectivity index (χ0) is 17.3. The fraction of sp³-hybridized carbons (Fsp3) is 0.412. The molecule has 0 atom stereocenters. The van der Waals surface area contributed by atoms with Crippen molar-refractivity contribution in [3.8, 4) is 11.1 Å². The molecule has 128 valence electrons. The van der Waals surface area contributed by atoms with Gasteiger partial charge in [-0.15, -0.1) is 0 Å². The average Bonchev–Trinajstić information content (AvgIpc) is 3.09. The number of rotatable bonds is 4. The van der Waals surface area contributed by atoms with Gasteiger partial charge in [0, 0.05) is 5.56 Å².